The average molecular weight is 369 g/mol. The minimum atomic E-state index is -0.307. The van der Waals surface area contributed by atoms with E-state index in [9.17, 15) is 4.79 Å². The minimum absolute atomic E-state index is 0.257. The van der Waals surface area contributed by atoms with E-state index in [0.29, 0.717) is 9.90 Å². The summed E-state index contributed by atoms with van der Waals surface area (Å²) >= 11 is 11.0. The first-order valence-electron chi connectivity index (χ1n) is 5.61. The van der Waals surface area contributed by atoms with E-state index in [0.717, 1.165) is 14.6 Å². The lowest BCUT2D eigenvalue weighted by molar-refractivity contribution is 0.103. The highest BCUT2D eigenvalue weighted by atomic mass is 79.9. The van der Waals surface area contributed by atoms with Crippen LogP contribution >= 0.6 is 38.9 Å². The average Bonchev–Trinajstić information content (AvgIpc) is 2.76. The highest BCUT2D eigenvalue weighted by Gasteiger charge is 2.18. The van der Waals surface area contributed by atoms with Crippen LogP contribution in [0.1, 0.15) is 9.67 Å². The number of amides is 1. The number of fused-ring (bicyclic) bond motifs is 1. The molecule has 0 fully saturated rings. The standard InChI is InChI=1S/C13H7BrClN3OS/c14-7-2-3-8-9(6-7)20-11(10(8)15)12(19)18-13-16-4-1-5-17-13/h1-6H,(H,16,17,18,19). The molecule has 20 heavy (non-hydrogen) atoms. The van der Waals surface area contributed by atoms with Crippen LogP contribution in [0.3, 0.4) is 0 Å². The van der Waals surface area contributed by atoms with Crippen molar-refractivity contribution in [2.24, 2.45) is 0 Å². The predicted molar refractivity (Wildman–Crippen MR) is 84.5 cm³/mol. The first kappa shape index (κ1) is 13.5. The Kier molecular flexibility index (Phi) is 3.69. The summed E-state index contributed by atoms with van der Waals surface area (Å²) < 4.78 is 1.89. The highest BCUT2D eigenvalue weighted by Crippen LogP contribution is 2.36. The number of carbonyl (C=O) groups is 1. The summed E-state index contributed by atoms with van der Waals surface area (Å²) in [6.07, 6.45) is 3.12. The fourth-order valence-electron chi connectivity index (χ4n) is 1.71. The number of aromatic nitrogens is 2. The molecule has 0 aliphatic carbocycles. The maximum absolute atomic E-state index is 12.2. The Hall–Kier alpha value is -1.50. The van der Waals surface area contributed by atoms with Gasteiger partial charge in [0.05, 0.1) is 5.02 Å². The molecule has 1 N–H and O–H groups in total. The molecule has 0 spiro atoms. The van der Waals surface area contributed by atoms with Gasteiger partial charge in [-0.05, 0) is 18.2 Å². The number of benzene rings is 1. The monoisotopic (exact) mass is 367 g/mol. The maximum Gasteiger partial charge on any atom is 0.269 e. The van der Waals surface area contributed by atoms with Gasteiger partial charge in [-0.3, -0.25) is 10.1 Å². The van der Waals surface area contributed by atoms with E-state index in [1.165, 1.54) is 11.3 Å². The van der Waals surface area contributed by atoms with Crippen LogP contribution in [0.4, 0.5) is 5.95 Å². The number of hydrogen-bond acceptors (Lipinski definition) is 4. The third kappa shape index (κ3) is 2.54. The Balaban J connectivity index is 1.97. The normalized spacial score (nSPS) is 10.7. The summed E-state index contributed by atoms with van der Waals surface area (Å²) in [5.74, 6) is -0.0503. The molecule has 0 saturated carbocycles. The summed E-state index contributed by atoms with van der Waals surface area (Å²) in [5.41, 5.74) is 0. The van der Waals surface area contributed by atoms with Crippen LogP contribution < -0.4 is 5.32 Å². The lowest BCUT2D eigenvalue weighted by Gasteiger charge is -2.00. The number of thiophene rings is 1. The van der Waals surface area contributed by atoms with E-state index in [4.69, 9.17) is 11.6 Å². The fraction of sp³-hybridized carbons (Fsp3) is 0. The molecule has 0 saturated heterocycles. The number of nitrogens with zero attached hydrogens (tertiary/aromatic N) is 2. The van der Waals surface area contributed by atoms with Gasteiger partial charge in [0.25, 0.3) is 5.91 Å². The van der Waals surface area contributed by atoms with Crippen LogP contribution in [0.2, 0.25) is 5.02 Å². The summed E-state index contributed by atoms with van der Waals surface area (Å²) in [4.78, 5) is 20.6. The Morgan fingerprint density at radius 1 is 1.30 bits per heavy atom. The largest absolute Gasteiger partial charge is 0.290 e. The molecule has 7 heteroatoms. The van der Waals surface area contributed by atoms with E-state index < -0.39 is 0 Å². The van der Waals surface area contributed by atoms with E-state index >= 15 is 0 Å². The Bertz CT molecular complexity index is 791. The van der Waals surface area contributed by atoms with Crippen molar-refractivity contribution in [1.29, 1.82) is 0 Å². The molecular formula is C13H7BrClN3OS. The fourth-order valence-corrected chi connectivity index (χ4v) is 3.67. The molecule has 2 heterocycles. The third-order valence-corrected chi connectivity index (χ3v) is 4.74. The molecule has 0 radical (unpaired) electrons. The van der Waals surface area contributed by atoms with Gasteiger partial charge >= 0.3 is 0 Å². The Morgan fingerprint density at radius 2 is 2.05 bits per heavy atom. The topological polar surface area (TPSA) is 54.9 Å². The minimum Gasteiger partial charge on any atom is -0.290 e. The van der Waals surface area contributed by atoms with Crippen molar-refractivity contribution in [3.8, 4) is 0 Å². The predicted octanol–water partition coefficient (Wildman–Crippen LogP) is 4.36. The molecule has 0 atom stereocenters. The number of hydrogen-bond donors (Lipinski definition) is 1. The van der Waals surface area contributed by atoms with Crippen molar-refractivity contribution in [2.75, 3.05) is 5.32 Å². The van der Waals surface area contributed by atoms with Gasteiger partial charge in [0.2, 0.25) is 5.95 Å². The number of nitrogens with one attached hydrogen (secondary N) is 1. The maximum atomic E-state index is 12.2. The van der Waals surface area contributed by atoms with Gasteiger partial charge in [-0.2, -0.15) is 0 Å². The highest BCUT2D eigenvalue weighted by molar-refractivity contribution is 9.10. The Labute approximate surface area is 131 Å². The van der Waals surface area contributed by atoms with Crippen LogP contribution in [0, 0.1) is 0 Å². The van der Waals surface area contributed by atoms with Crippen LogP contribution in [-0.2, 0) is 0 Å². The third-order valence-electron chi connectivity index (χ3n) is 2.59. The molecule has 100 valence electrons. The van der Waals surface area contributed by atoms with Crippen molar-refractivity contribution >= 4 is 60.8 Å². The smallest absolute Gasteiger partial charge is 0.269 e. The zero-order valence-corrected chi connectivity index (χ0v) is 13.1. The van der Waals surface area contributed by atoms with Crippen molar-refractivity contribution in [1.82, 2.24) is 9.97 Å². The van der Waals surface area contributed by atoms with Gasteiger partial charge in [-0.15, -0.1) is 11.3 Å². The number of halogens is 2. The molecular weight excluding hydrogens is 362 g/mol. The van der Waals surface area contributed by atoms with Crippen molar-refractivity contribution < 1.29 is 4.79 Å². The quantitative estimate of drug-likeness (QED) is 0.731. The van der Waals surface area contributed by atoms with Gasteiger partial charge in [0.15, 0.2) is 0 Å². The second-order valence-corrected chi connectivity index (χ2v) is 6.26. The van der Waals surface area contributed by atoms with Gasteiger partial charge in [-0.25, -0.2) is 9.97 Å². The second-order valence-electron chi connectivity index (χ2n) is 3.91. The van der Waals surface area contributed by atoms with E-state index in [-0.39, 0.29) is 11.9 Å². The van der Waals surface area contributed by atoms with Crippen LogP contribution in [-0.4, -0.2) is 15.9 Å². The molecule has 0 aliphatic rings. The lowest BCUT2D eigenvalue weighted by atomic mass is 10.2. The summed E-state index contributed by atoms with van der Waals surface area (Å²) in [6, 6.07) is 7.39. The van der Waals surface area contributed by atoms with E-state index in [2.05, 4.69) is 31.2 Å². The van der Waals surface area contributed by atoms with Crippen molar-refractivity contribution in [3.05, 3.63) is 51.0 Å². The SMILES string of the molecule is O=C(Nc1ncccn1)c1sc2cc(Br)ccc2c1Cl. The molecule has 3 rings (SSSR count). The zero-order chi connectivity index (χ0) is 14.1. The summed E-state index contributed by atoms with van der Waals surface area (Å²) in [6.45, 7) is 0. The first-order valence-corrected chi connectivity index (χ1v) is 7.60. The van der Waals surface area contributed by atoms with Gasteiger partial charge in [0.1, 0.15) is 4.88 Å². The first-order chi connectivity index (χ1) is 9.65. The van der Waals surface area contributed by atoms with Gasteiger partial charge in [-0.1, -0.05) is 33.6 Å². The molecule has 0 aliphatic heterocycles. The molecule has 2 aromatic heterocycles. The Morgan fingerprint density at radius 3 is 2.80 bits per heavy atom. The van der Waals surface area contributed by atoms with Gasteiger partial charge in [0, 0.05) is 27.0 Å². The molecule has 4 nitrogen and oxygen atoms in total. The second kappa shape index (κ2) is 5.47. The van der Waals surface area contributed by atoms with Crippen molar-refractivity contribution in [3.63, 3.8) is 0 Å². The molecule has 1 aromatic carbocycles. The van der Waals surface area contributed by atoms with Crippen LogP contribution in [0.25, 0.3) is 10.1 Å². The molecule has 0 bridgehead atoms. The number of anilines is 1. The number of rotatable bonds is 2. The summed E-state index contributed by atoms with van der Waals surface area (Å²) in [7, 11) is 0. The van der Waals surface area contributed by atoms with Crippen LogP contribution in [0.15, 0.2) is 41.1 Å². The van der Waals surface area contributed by atoms with E-state index in [1.54, 1.807) is 18.5 Å². The van der Waals surface area contributed by atoms with Crippen LogP contribution in [0.5, 0.6) is 0 Å². The molecule has 0 unspecified atom stereocenters. The van der Waals surface area contributed by atoms with Gasteiger partial charge < -0.3 is 0 Å². The van der Waals surface area contributed by atoms with E-state index in [1.807, 2.05) is 18.2 Å². The lowest BCUT2D eigenvalue weighted by Crippen LogP contribution is -2.12. The summed E-state index contributed by atoms with van der Waals surface area (Å²) in [5, 5.41) is 3.94. The molecule has 3 aromatic rings. The molecule has 1 amide bonds. The van der Waals surface area contributed by atoms with Crippen molar-refractivity contribution in [2.45, 2.75) is 0 Å². The zero-order valence-electron chi connectivity index (χ0n) is 9.93. The number of carbonyl (C=O) groups excluding carboxylic acids is 1.